The van der Waals surface area contributed by atoms with Crippen LogP contribution in [0, 0.1) is 0 Å². The largest absolute Gasteiger partial charge is 0.389 e. The van der Waals surface area contributed by atoms with Gasteiger partial charge >= 0.3 is 0 Å². The number of piperidine rings is 1. The molecule has 0 aromatic rings. The maximum atomic E-state index is 9.68. The smallest absolute Gasteiger partial charge is 0.109 e. The number of thioether (sulfide) groups is 1. The van der Waals surface area contributed by atoms with Gasteiger partial charge in [0, 0.05) is 30.6 Å². The van der Waals surface area contributed by atoms with E-state index in [1.54, 1.807) is 11.8 Å². The Labute approximate surface area is 81.5 Å². The van der Waals surface area contributed by atoms with Crippen molar-refractivity contribution in [2.24, 2.45) is 0 Å². The summed E-state index contributed by atoms with van der Waals surface area (Å²) in [5, 5.41) is 28.6. The maximum absolute atomic E-state index is 9.68. The Morgan fingerprint density at radius 2 is 1.92 bits per heavy atom. The second-order valence-electron chi connectivity index (χ2n) is 3.69. The highest BCUT2D eigenvalue weighted by Gasteiger charge is 2.42. The van der Waals surface area contributed by atoms with E-state index in [2.05, 4.69) is 4.90 Å². The molecule has 2 saturated heterocycles. The molecule has 13 heavy (non-hydrogen) atoms. The van der Waals surface area contributed by atoms with Crippen LogP contribution < -0.4 is 0 Å². The molecule has 0 aromatic carbocycles. The molecule has 0 radical (unpaired) electrons. The molecule has 4 atom stereocenters. The number of rotatable bonds is 0. The molecule has 0 aromatic heterocycles. The van der Waals surface area contributed by atoms with Crippen LogP contribution in [-0.2, 0) is 0 Å². The Bertz CT molecular complexity index is 190. The summed E-state index contributed by atoms with van der Waals surface area (Å²) in [5.41, 5.74) is 0. The molecular formula is C8H15NO3S. The van der Waals surface area contributed by atoms with Crippen molar-refractivity contribution in [2.45, 2.75) is 24.4 Å². The fraction of sp³-hybridized carbons (Fsp3) is 1.00. The summed E-state index contributed by atoms with van der Waals surface area (Å²) in [6, 6.07) is 0.0251. The van der Waals surface area contributed by atoms with Gasteiger partial charge in [0.15, 0.2) is 0 Å². The molecule has 2 heterocycles. The van der Waals surface area contributed by atoms with Gasteiger partial charge in [-0.2, -0.15) is 11.8 Å². The molecule has 2 aliphatic heterocycles. The van der Waals surface area contributed by atoms with E-state index in [1.807, 2.05) is 0 Å². The molecule has 76 valence electrons. The van der Waals surface area contributed by atoms with Gasteiger partial charge in [0.05, 0.1) is 12.2 Å². The van der Waals surface area contributed by atoms with Crippen molar-refractivity contribution in [1.29, 1.82) is 0 Å². The quantitative estimate of drug-likeness (QED) is 0.449. The van der Waals surface area contributed by atoms with Gasteiger partial charge in [-0.05, 0) is 0 Å². The highest BCUT2D eigenvalue weighted by Crippen LogP contribution is 2.25. The molecular weight excluding hydrogens is 190 g/mol. The van der Waals surface area contributed by atoms with Crippen molar-refractivity contribution in [1.82, 2.24) is 4.90 Å². The lowest BCUT2D eigenvalue weighted by Crippen LogP contribution is -2.63. The third-order valence-electron chi connectivity index (χ3n) is 2.84. The Kier molecular flexibility index (Phi) is 2.80. The molecule has 4 nitrogen and oxygen atoms in total. The van der Waals surface area contributed by atoms with Gasteiger partial charge in [0.2, 0.25) is 0 Å². The summed E-state index contributed by atoms with van der Waals surface area (Å²) in [5.74, 6) is 1.90. The van der Waals surface area contributed by atoms with Crippen LogP contribution in [0.4, 0.5) is 0 Å². The van der Waals surface area contributed by atoms with Crippen molar-refractivity contribution >= 4 is 11.8 Å². The second kappa shape index (κ2) is 3.74. The van der Waals surface area contributed by atoms with Crippen LogP contribution >= 0.6 is 11.8 Å². The van der Waals surface area contributed by atoms with Crippen molar-refractivity contribution in [3.8, 4) is 0 Å². The van der Waals surface area contributed by atoms with Crippen LogP contribution in [0.3, 0.4) is 0 Å². The number of hydrogen-bond donors (Lipinski definition) is 3. The Balaban J connectivity index is 2.08. The molecule has 0 spiro atoms. The fourth-order valence-corrected chi connectivity index (χ4v) is 3.18. The van der Waals surface area contributed by atoms with Crippen LogP contribution in [-0.4, -0.2) is 69.2 Å². The molecule has 2 rings (SSSR count). The van der Waals surface area contributed by atoms with Crippen LogP contribution in [0.25, 0.3) is 0 Å². The Morgan fingerprint density at radius 1 is 1.15 bits per heavy atom. The molecule has 1 unspecified atom stereocenters. The second-order valence-corrected chi connectivity index (χ2v) is 4.84. The van der Waals surface area contributed by atoms with Gasteiger partial charge in [-0.1, -0.05) is 0 Å². The van der Waals surface area contributed by atoms with E-state index in [4.69, 9.17) is 0 Å². The minimum atomic E-state index is -0.972. The number of fused-ring (bicyclic) bond motifs is 1. The number of aliphatic hydroxyl groups excluding tert-OH is 3. The van der Waals surface area contributed by atoms with Crippen molar-refractivity contribution < 1.29 is 15.3 Å². The number of aliphatic hydroxyl groups is 3. The van der Waals surface area contributed by atoms with E-state index >= 15 is 0 Å². The molecule has 0 amide bonds. The first-order chi connectivity index (χ1) is 6.20. The van der Waals surface area contributed by atoms with E-state index in [1.165, 1.54) is 0 Å². The monoisotopic (exact) mass is 205 g/mol. The van der Waals surface area contributed by atoms with Crippen molar-refractivity contribution in [3.63, 3.8) is 0 Å². The van der Waals surface area contributed by atoms with E-state index in [-0.39, 0.29) is 6.04 Å². The minimum Gasteiger partial charge on any atom is -0.389 e. The Hall–Kier alpha value is 0.190. The van der Waals surface area contributed by atoms with Gasteiger partial charge < -0.3 is 15.3 Å². The van der Waals surface area contributed by atoms with E-state index in [0.29, 0.717) is 6.54 Å². The average Bonchev–Trinajstić information content (AvgIpc) is 2.15. The van der Waals surface area contributed by atoms with Gasteiger partial charge in [-0.3, -0.25) is 4.90 Å². The summed E-state index contributed by atoms with van der Waals surface area (Å²) in [6.45, 7) is 1.39. The summed E-state index contributed by atoms with van der Waals surface area (Å²) in [6.07, 6.45) is -2.56. The number of nitrogens with zero attached hydrogens (tertiary/aromatic N) is 1. The molecule has 2 aliphatic rings. The van der Waals surface area contributed by atoms with Crippen LogP contribution in [0.15, 0.2) is 0 Å². The third kappa shape index (κ3) is 1.71. The lowest BCUT2D eigenvalue weighted by Gasteiger charge is -2.45. The van der Waals surface area contributed by atoms with Crippen LogP contribution in [0.5, 0.6) is 0 Å². The zero-order valence-corrected chi connectivity index (χ0v) is 8.15. The SMILES string of the molecule is O[C@H]1[C@H](O)C2CSCCN2C[C@@H]1O. The zero-order valence-electron chi connectivity index (χ0n) is 7.33. The summed E-state index contributed by atoms with van der Waals surface area (Å²) >= 11 is 1.79. The summed E-state index contributed by atoms with van der Waals surface area (Å²) in [4.78, 5) is 2.07. The lowest BCUT2D eigenvalue weighted by molar-refractivity contribution is -0.131. The number of hydrogen-bond acceptors (Lipinski definition) is 5. The molecule has 0 saturated carbocycles. The van der Waals surface area contributed by atoms with Gasteiger partial charge in [0.1, 0.15) is 6.10 Å². The Morgan fingerprint density at radius 3 is 2.69 bits per heavy atom. The van der Waals surface area contributed by atoms with Crippen LogP contribution in [0.2, 0.25) is 0 Å². The maximum Gasteiger partial charge on any atom is 0.109 e. The average molecular weight is 205 g/mol. The highest BCUT2D eigenvalue weighted by molar-refractivity contribution is 7.99. The van der Waals surface area contributed by atoms with Gasteiger partial charge in [-0.25, -0.2) is 0 Å². The van der Waals surface area contributed by atoms with Crippen LogP contribution in [0.1, 0.15) is 0 Å². The topological polar surface area (TPSA) is 63.9 Å². The third-order valence-corrected chi connectivity index (χ3v) is 3.89. The standard InChI is InChI=1S/C8H15NO3S/c10-6-3-9-1-2-13-4-5(9)7(11)8(6)12/h5-8,10-12H,1-4H2/t5?,6-,7+,8+/m0/s1. The van der Waals surface area contributed by atoms with E-state index in [0.717, 1.165) is 18.1 Å². The molecule has 3 N–H and O–H groups in total. The normalized spacial score (nSPS) is 47.3. The van der Waals surface area contributed by atoms with E-state index in [9.17, 15) is 15.3 Å². The lowest BCUT2D eigenvalue weighted by atomic mass is 9.95. The fourth-order valence-electron chi connectivity index (χ4n) is 2.00. The zero-order chi connectivity index (χ0) is 9.42. The van der Waals surface area contributed by atoms with E-state index < -0.39 is 18.3 Å². The molecule has 0 aliphatic carbocycles. The molecule has 5 heteroatoms. The molecule has 0 bridgehead atoms. The predicted octanol–water partition coefficient (Wildman–Crippen LogP) is -1.50. The summed E-state index contributed by atoms with van der Waals surface area (Å²) < 4.78 is 0. The first-order valence-corrected chi connectivity index (χ1v) is 5.71. The molecule has 2 fully saturated rings. The van der Waals surface area contributed by atoms with Gasteiger partial charge in [-0.15, -0.1) is 0 Å². The summed E-state index contributed by atoms with van der Waals surface area (Å²) in [7, 11) is 0. The highest BCUT2D eigenvalue weighted by atomic mass is 32.2. The van der Waals surface area contributed by atoms with Crippen molar-refractivity contribution in [2.75, 3.05) is 24.6 Å². The van der Waals surface area contributed by atoms with Crippen molar-refractivity contribution in [3.05, 3.63) is 0 Å². The first-order valence-electron chi connectivity index (χ1n) is 4.56. The predicted molar refractivity (Wildman–Crippen MR) is 50.7 cm³/mol. The minimum absolute atomic E-state index is 0.0251. The van der Waals surface area contributed by atoms with Gasteiger partial charge in [0.25, 0.3) is 0 Å². The first kappa shape index (κ1) is 9.73.